The molecule has 0 aliphatic rings. The topological polar surface area (TPSA) is 91.3 Å². The summed E-state index contributed by atoms with van der Waals surface area (Å²) < 4.78 is 32.4. The zero-order valence-electron chi connectivity index (χ0n) is 15.7. The third kappa shape index (κ3) is 6.33. The van der Waals surface area contributed by atoms with Crippen LogP contribution in [0.4, 0.5) is 4.79 Å². The number of oxime groups is 1. The maximum absolute atomic E-state index is 12.0. The van der Waals surface area contributed by atoms with Crippen molar-refractivity contribution in [1.82, 2.24) is 0 Å². The summed E-state index contributed by atoms with van der Waals surface area (Å²) in [6, 6.07) is 21.2. The molecule has 0 bridgehead atoms. The third-order valence-electron chi connectivity index (χ3n) is 3.65. The van der Waals surface area contributed by atoms with Crippen molar-refractivity contribution in [3.05, 3.63) is 95.0 Å². The predicted octanol–water partition coefficient (Wildman–Crippen LogP) is 4.65. The number of hydrogen-bond acceptors (Lipinski definition) is 7. The van der Waals surface area contributed by atoms with E-state index in [-0.39, 0.29) is 5.75 Å². The smallest absolute Gasteiger partial charge is 0.393 e. The number of benzene rings is 3. The van der Waals surface area contributed by atoms with Crippen LogP contribution in [0.25, 0.3) is 0 Å². The van der Waals surface area contributed by atoms with Crippen molar-refractivity contribution in [2.45, 2.75) is 0 Å². The number of rotatable bonds is 6. The zero-order valence-corrected chi connectivity index (χ0v) is 17.3. The van der Waals surface area contributed by atoms with Gasteiger partial charge in [-0.2, -0.15) is 8.42 Å². The molecular weight excluding hydrogens is 430 g/mol. The Balaban J connectivity index is 1.86. The second-order valence-corrected chi connectivity index (χ2v) is 8.03. The van der Waals surface area contributed by atoms with Gasteiger partial charge in [0.15, 0.2) is 0 Å². The molecule has 0 N–H and O–H groups in total. The van der Waals surface area contributed by atoms with Crippen LogP contribution in [0.5, 0.6) is 11.5 Å². The van der Waals surface area contributed by atoms with E-state index in [1.807, 2.05) is 0 Å². The molecule has 0 fully saturated rings. The summed E-state index contributed by atoms with van der Waals surface area (Å²) in [7, 11) is -3.65. The molecule has 154 valence electrons. The fraction of sp³-hybridized carbons (Fsp3) is 0.0476. The molecule has 0 aliphatic heterocycles. The second-order valence-electron chi connectivity index (χ2n) is 6.02. The molecule has 0 saturated carbocycles. The lowest BCUT2D eigenvalue weighted by Gasteiger charge is -2.09. The van der Waals surface area contributed by atoms with Gasteiger partial charge < -0.3 is 8.92 Å². The first-order valence-electron chi connectivity index (χ1n) is 8.58. The Labute approximate surface area is 178 Å². The summed E-state index contributed by atoms with van der Waals surface area (Å²) in [4.78, 5) is 16.9. The van der Waals surface area contributed by atoms with Crippen LogP contribution in [0.1, 0.15) is 11.1 Å². The molecule has 3 rings (SSSR count). The molecule has 0 saturated heterocycles. The van der Waals surface area contributed by atoms with Crippen LogP contribution in [-0.4, -0.2) is 26.5 Å². The Bertz CT molecular complexity index is 1140. The van der Waals surface area contributed by atoms with Gasteiger partial charge in [0.25, 0.3) is 0 Å². The average molecular weight is 446 g/mol. The number of hydrogen-bond donors (Lipinski definition) is 0. The molecule has 0 atom stereocenters. The van der Waals surface area contributed by atoms with Crippen LogP contribution in [0, 0.1) is 0 Å². The number of para-hydroxylation sites is 1. The third-order valence-corrected chi connectivity index (χ3v) is 4.40. The lowest BCUT2D eigenvalue weighted by Crippen LogP contribution is -2.11. The monoisotopic (exact) mass is 445 g/mol. The Morgan fingerprint density at radius 1 is 0.833 bits per heavy atom. The van der Waals surface area contributed by atoms with E-state index >= 15 is 0 Å². The van der Waals surface area contributed by atoms with Gasteiger partial charge in [0.2, 0.25) is 0 Å². The Morgan fingerprint density at radius 2 is 1.40 bits per heavy atom. The maximum atomic E-state index is 12.0. The van der Waals surface area contributed by atoms with E-state index in [9.17, 15) is 13.2 Å². The van der Waals surface area contributed by atoms with E-state index in [2.05, 4.69) is 5.16 Å². The molecule has 3 aromatic carbocycles. The molecule has 0 radical (unpaired) electrons. The number of ether oxygens (including phenoxy) is 1. The standard InChI is InChI=1S/C21H16ClNO6S/c1-30(25,26)29-19-13-9-16(10-14-19)20(15-7-11-17(22)12-8-15)23-28-21(24)27-18-5-3-2-4-6-18/h2-14H,1H3. The van der Waals surface area contributed by atoms with E-state index in [1.165, 1.54) is 12.1 Å². The van der Waals surface area contributed by atoms with Gasteiger partial charge in [0.05, 0.1) is 6.26 Å². The first kappa shape index (κ1) is 21.4. The summed E-state index contributed by atoms with van der Waals surface area (Å²) in [5, 5.41) is 4.46. The number of carbonyl (C=O) groups is 1. The van der Waals surface area contributed by atoms with Crippen molar-refractivity contribution in [3.63, 3.8) is 0 Å². The van der Waals surface area contributed by atoms with Gasteiger partial charge in [-0.1, -0.05) is 47.1 Å². The number of halogens is 1. The zero-order chi connectivity index (χ0) is 21.6. The van der Waals surface area contributed by atoms with Crippen LogP contribution in [0.2, 0.25) is 5.02 Å². The SMILES string of the molecule is CS(=O)(=O)Oc1ccc(C(=NOC(=O)Oc2ccccc2)c2ccc(Cl)cc2)cc1. The molecule has 0 spiro atoms. The Kier molecular flexibility index (Phi) is 6.71. The van der Waals surface area contributed by atoms with Gasteiger partial charge in [-0.05, 0) is 48.5 Å². The maximum Gasteiger partial charge on any atom is 0.540 e. The lowest BCUT2D eigenvalue weighted by molar-refractivity contribution is 0.102. The molecule has 0 unspecified atom stereocenters. The largest absolute Gasteiger partial charge is 0.540 e. The van der Waals surface area contributed by atoms with Crippen LogP contribution in [0.15, 0.2) is 84.0 Å². The minimum Gasteiger partial charge on any atom is -0.393 e. The van der Waals surface area contributed by atoms with Crippen LogP contribution in [-0.2, 0) is 15.0 Å². The fourth-order valence-electron chi connectivity index (χ4n) is 2.41. The summed E-state index contributed by atoms with van der Waals surface area (Å²) in [5.41, 5.74) is 1.47. The first-order chi connectivity index (χ1) is 14.3. The predicted molar refractivity (Wildman–Crippen MR) is 113 cm³/mol. The van der Waals surface area contributed by atoms with E-state index < -0.39 is 16.3 Å². The molecule has 0 aromatic heterocycles. The summed E-state index contributed by atoms with van der Waals surface area (Å²) in [6.07, 6.45) is -0.0575. The molecule has 3 aromatic rings. The van der Waals surface area contributed by atoms with Gasteiger partial charge in [-0.25, -0.2) is 4.79 Å². The highest BCUT2D eigenvalue weighted by molar-refractivity contribution is 7.86. The van der Waals surface area contributed by atoms with Gasteiger partial charge >= 0.3 is 16.3 Å². The van der Waals surface area contributed by atoms with Crippen molar-refractivity contribution in [3.8, 4) is 11.5 Å². The number of carbonyl (C=O) groups excluding carboxylic acids is 1. The molecule has 0 heterocycles. The number of nitrogens with zero attached hydrogens (tertiary/aromatic N) is 1. The fourth-order valence-corrected chi connectivity index (χ4v) is 3.00. The summed E-state index contributed by atoms with van der Waals surface area (Å²) >= 11 is 5.94. The van der Waals surface area contributed by atoms with Crippen molar-refractivity contribution in [1.29, 1.82) is 0 Å². The Hall–Kier alpha value is -3.36. The van der Waals surface area contributed by atoms with Crippen LogP contribution < -0.4 is 8.92 Å². The van der Waals surface area contributed by atoms with Crippen molar-refractivity contribution in [2.24, 2.45) is 5.16 Å². The molecule has 9 heteroatoms. The molecule has 30 heavy (non-hydrogen) atoms. The average Bonchev–Trinajstić information content (AvgIpc) is 2.70. The highest BCUT2D eigenvalue weighted by Gasteiger charge is 2.13. The minimum absolute atomic E-state index is 0.140. The van der Waals surface area contributed by atoms with Gasteiger partial charge in [0, 0.05) is 16.1 Å². The molecular formula is C21H16ClNO6S. The minimum atomic E-state index is -3.65. The molecule has 0 amide bonds. The summed E-state index contributed by atoms with van der Waals surface area (Å²) in [6.45, 7) is 0. The van der Waals surface area contributed by atoms with Crippen LogP contribution in [0.3, 0.4) is 0 Å². The summed E-state index contributed by atoms with van der Waals surface area (Å²) in [5.74, 6) is 0.453. The highest BCUT2D eigenvalue weighted by atomic mass is 35.5. The molecule has 7 nitrogen and oxygen atoms in total. The van der Waals surface area contributed by atoms with Crippen molar-refractivity contribution >= 4 is 33.6 Å². The van der Waals surface area contributed by atoms with E-state index in [1.54, 1.807) is 66.7 Å². The van der Waals surface area contributed by atoms with Gasteiger partial charge in [0.1, 0.15) is 17.2 Å². The first-order valence-corrected chi connectivity index (χ1v) is 10.8. The van der Waals surface area contributed by atoms with E-state index in [4.69, 9.17) is 25.4 Å². The highest BCUT2D eigenvalue weighted by Crippen LogP contribution is 2.19. The van der Waals surface area contributed by atoms with E-state index in [0.29, 0.717) is 27.6 Å². The second kappa shape index (κ2) is 9.43. The quantitative estimate of drug-likeness (QED) is 0.137. The molecule has 0 aliphatic carbocycles. The van der Waals surface area contributed by atoms with Crippen molar-refractivity contribution < 1.29 is 27.0 Å². The van der Waals surface area contributed by atoms with E-state index in [0.717, 1.165) is 6.26 Å². The van der Waals surface area contributed by atoms with Crippen molar-refractivity contribution in [2.75, 3.05) is 6.26 Å². The van der Waals surface area contributed by atoms with Gasteiger partial charge in [-0.3, -0.25) is 4.84 Å². The van der Waals surface area contributed by atoms with Gasteiger partial charge in [-0.15, -0.1) is 0 Å². The van der Waals surface area contributed by atoms with Crippen LogP contribution >= 0.6 is 11.6 Å². The Morgan fingerprint density at radius 3 is 1.97 bits per heavy atom. The normalized spacial score (nSPS) is 11.6. The lowest BCUT2D eigenvalue weighted by atomic mass is 10.0.